The molecule has 5 heteroatoms. The van der Waals surface area contributed by atoms with E-state index in [4.69, 9.17) is 15.5 Å². The van der Waals surface area contributed by atoms with Crippen LogP contribution in [0.4, 0.5) is 5.69 Å². The van der Waals surface area contributed by atoms with Gasteiger partial charge in [-0.1, -0.05) is 20.8 Å². The van der Waals surface area contributed by atoms with Crippen molar-refractivity contribution < 1.29 is 9.53 Å². The minimum atomic E-state index is -0.348. The normalized spacial score (nSPS) is 20.7. The number of carbonyl (C=O) groups is 1. The number of hydrogen-bond acceptors (Lipinski definition) is 5. The van der Waals surface area contributed by atoms with Gasteiger partial charge >= 0.3 is 5.97 Å². The van der Waals surface area contributed by atoms with E-state index in [2.05, 4.69) is 26.8 Å². The zero-order valence-corrected chi connectivity index (χ0v) is 15.0. The number of carbonyl (C=O) groups excluding carboxylic acids is 1. The fourth-order valence-corrected chi connectivity index (χ4v) is 4.46. The first-order valence-electron chi connectivity index (χ1n) is 8.33. The van der Waals surface area contributed by atoms with E-state index in [0.717, 1.165) is 10.2 Å². The number of nitrogens with zero attached hydrogens (tertiary/aromatic N) is 1. The number of nitrogen functional groups attached to an aromatic ring is 1. The van der Waals surface area contributed by atoms with Gasteiger partial charge in [0.2, 0.25) is 0 Å². The van der Waals surface area contributed by atoms with Gasteiger partial charge in [0.25, 0.3) is 0 Å². The smallest absolute Gasteiger partial charge is 0.350 e. The molecule has 0 aliphatic heterocycles. The second-order valence-corrected chi connectivity index (χ2v) is 7.71. The molecule has 0 spiro atoms. The molecule has 0 fully saturated rings. The predicted molar refractivity (Wildman–Crippen MR) is 95.2 cm³/mol. The van der Waals surface area contributed by atoms with E-state index in [1.165, 1.54) is 35.4 Å². The first-order valence-corrected chi connectivity index (χ1v) is 9.15. The van der Waals surface area contributed by atoms with Gasteiger partial charge in [0.05, 0.1) is 12.3 Å². The molecule has 1 aliphatic carbocycles. The molecule has 2 aromatic heterocycles. The molecular formula is C18H24N2O2S. The lowest BCUT2D eigenvalue weighted by atomic mass is 9.75. The molecule has 0 unspecified atom stereocenters. The Bertz CT molecular complexity index is 751. The molecule has 3 rings (SSSR count). The third-order valence-corrected chi connectivity index (χ3v) is 5.94. The van der Waals surface area contributed by atoms with Crippen LogP contribution in [0, 0.1) is 5.92 Å². The molecule has 2 atom stereocenters. The zero-order valence-electron chi connectivity index (χ0n) is 14.2. The van der Waals surface area contributed by atoms with Crippen molar-refractivity contribution in [3.8, 4) is 0 Å². The third-order valence-electron chi connectivity index (χ3n) is 4.84. The largest absolute Gasteiger partial charge is 0.462 e. The number of rotatable bonds is 3. The number of aromatic nitrogens is 1. The number of thiophene rings is 1. The van der Waals surface area contributed by atoms with Crippen LogP contribution in [0.15, 0.2) is 6.07 Å². The first kappa shape index (κ1) is 16.2. The van der Waals surface area contributed by atoms with Crippen LogP contribution in [0.3, 0.4) is 0 Å². The van der Waals surface area contributed by atoms with Crippen LogP contribution in [-0.4, -0.2) is 17.6 Å². The molecular weight excluding hydrogens is 308 g/mol. The monoisotopic (exact) mass is 332 g/mol. The molecule has 0 saturated heterocycles. The molecule has 0 amide bonds. The van der Waals surface area contributed by atoms with Crippen molar-refractivity contribution in [2.45, 2.75) is 52.4 Å². The molecule has 124 valence electrons. The highest BCUT2D eigenvalue weighted by Crippen LogP contribution is 2.44. The lowest BCUT2D eigenvalue weighted by Crippen LogP contribution is -2.18. The Labute approximate surface area is 141 Å². The van der Waals surface area contributed by atoms with Crippen LogP contribution in [0.2, 0.25) is 0 Å². The van der Waals surface area contributed by atoms with Crippen LogP contribution in [0.5, 0.6) is 0 Å². The van der Waals surface area contributed by atoms with Gasteiger partial charge in [-0.2, -0.15) is 0 Å². The number of fused-ring (bicyclic) bond motifs is 2. The van der Waals surface area contributed by atoms with E-state index in [-0.39, 0.29) is 5.97 Å². The van der Waals surface area contributed by atoms with Gasteiger partial charge in [0, 0.05) is 17.0 Å². The zero-order chi connectivity index (χ0) is 16.7. The molecule has 0 aromatic carbocycles. The van der Waals surface area contributed by atoms with Crippen molar-refractivity contribution in [2.24, 2.45) is 5.92 Å². The van der Waals surface area contributed by atoms with E-state index in [1.54, 1.807) is 6.92 Å². The minimum absolute atomic E-state index is 0.348. The lowest BCUT2D eigenvalue weighted by Gasteiger charge is -2.31. The fourth-order valence-electron chi connectivity index (χ4n) is 3.48. The summed E-state index contributed by atoms with van der Waals surface area (Å²) in [6, 6.07) is 2.16. The molecule has 0 radical (unpaired) electrons. The summed E-state index contributed by atoms with van der Waals surface area (Å²) in [5.41, 5.74) is 9.22. The highest BCUT2D eigenvalue weighted by Gasteiger charge is 2.30. The minimum Gasteiger partial charge on any atom is -0.462 e. The summed E-state index contributed by atoms with van der Waals surface area (Å²) < 4.78 is 5.11. The van der Waals surface area contributed by atoms with Gasteiger partial charge in [0.15, 0.2) is 0 Å². The summed E-state index contributed by atoms with van der Waals surface area (Å²) >= 11 is 1.35. The van der Waals surface area contributed by atoms with Crippen molar-refractivity contribution in [1.82, 2.24) is 4.98 Å². The average Bonchev–Trinajstić information content (AvgIpc) is 2.83. The molecule has 2 N–H and O–H groups in total. The topological polar surface area (TPSA) is 65.2 Å². The van der Waals surface area contributed by atoms with E-state index in [9.17, 15) is 4.79 Å². The van der Waals surface area contributed by atoms with Gasteiger partial charge in [-0.3, -0.25) is 0 Å². The van der Waals surface area contributed by atoms with Crippen molar-refractivity contribution >= 4 is 33.2 Å². The van der Waals surface area contributed by atoms with Crippen LogP contribution >= 0.6 is 11.3 Å². The number of hydrogen-bond donors (Lipinski definition) is 1. The summed E-state index contributed by atoms with van der Waals surface area (Å²) in [6.45, 7) is 8.90. The fraction of sp³-hybridized carbons (Fsp3) is 0.556. The Morgan fingerprint density at radius 2 is 2.22 bits per heavy atom. The number of esters is 1. The number of ether oxygens (including phenoxy) is 1. The summed E-state index contributed by atoms with van der Waals surface area (Å²) in [5, 5.41) is 0.896. The average molecular weight is 332 g/mol. The molecule has 4 nitrogen and oxygen atoms in total. The standard InChI is InChI=1S/C18H24N2O2S/c1-5-22-18(21)16-14(19)13-8-12-10(4)6-7-11(9(2)3)15(12)20-17(13)23-16/h8-11H,5-7,19H2,1-4H3/t10-,11-/m0/s1. The maximum absolute atomic E-state index is 12.1. The van der Waals surface area contributed by atoms with Crippen molar-refractivity contribution in [1.29, 1.82) is 0 Å². The van der Waals surface area contributed by atoms with Gasteiger partial charge in [-0.15, -0.1) is 11.3 Å². The lowest BCUT2D eigenvalue weighted by molar-refractivity contribution is 0.0533. The van der Waals surface area contributed by atoms with Crippen molar-refractivity contribution in [2.75, 3.05) is 12.3 Å². The Hall–Kier alpha value is -1.62. The highest BCUT2D eigenvalue weighted by molar-refractivity contribution is 7.21. The summed E-state index contributed by atoms with van der Waals surface area (Å²) in [4.78, 5) is 18.3. The first-order chi connectivity index (χ1) is 10.9. The molecule has 2 aromatic rings. The summed E-state index contributed by atoms with van der Waals surface area (Å²) in [5.74, 6) is 1.19. The van der Waals surface area contributed by atoms with Crippen molar-refractivity contribution in [3.05, 3.63) is 22.2 Å². The van der Waals surface area contributed by atoms with E-state index in [1.807, 2.05) is 0 Å². The summed E-state index contributed by atoms with van der Waals surface area (Å²) in [6.07, 6.45) is 2.35. The molecule has 2 heterocycles. The molecule has 0 saturated carbocycles. The van der Waals surface area contributed by atoms with Crippen LogP contribution < -0.4 is 5.73 Å². The van der Waals surface area contributed by atoms with Gasteiger partial charge in [0.1, 0.15) is 9.71 Å². The van der Waals surface area contributed by atoms with E-state index < -0.39 is 0 Å². The maximum Gasteiger partial charge on any atom is 0.350 e. The number of pyridine rings is 1. The number of nitrogens with two attached hydrogens (primary N) is 1. The highest BCUT2D eigenvalue weighted by atomic mass is 32.1. The molecule has 23 heavy (non-hydrogen) atoms. The number of anilines is 1. The van der Waals surface area contributed by atoms with Crippen LogP contribution in [-0.2, 0) is 4.74 Å². The Balaban J connectivity index is 2.16. The van der Waals surface area contributed by atoms with Crippen LogP contribution in [0.25, 0.3) is 10.2 Å². The van der Waals surface area contributed by atoms with Gasteiger partial charge < -0.3 is 10.5 Å². The maximum atomic E-state index is 12.1. The van der Waals surface area contributed by atoms with E-state index >= 15 is 0 Å². The van der Waals surface area contributed by atoms with Crippen LogP contribution in [0.1, 0.15) is 73.3 Å². The predicted octanol–water partition coefficient (Wildman–Crippen LogP) is 4.69. The third kappa shape index (κ3) is 2.71. The van der Waals surface area contributed by atoms with Gasteiger partial charge in [-0.25, -0.2) is 9.78 Å². The second-order valence-electron chi connectivity index (χ2n) is 6.71. The quantitative estimate of drug-likeness (QED) is 0.828. The summed E-state index contributed by atoms with van der Waals surface area (Å²) in [7, 11) is 0. The second kappa shape index (κ2) is 6.11. The van der Waals surface area contributed by atoms with Gasteiger partial charge in [-0.05, 0) is 43.2 Å². The SMILES string of the molecule is CCOC(=O)c1sc2nc3c(cc2c1N)[C@@H](C)CC[C@H]3C(C)C. The molecule has 1 aliphatic rings. The Morgan fingerprint density at radius 3 is 2.87 bits per heavy atom. The Kier molecular flexibility index (Phi) is 4.32. The Morgan fingerprint density at radius 1 is 1.48 bits per heavy atom. The molecule has 0 bridgehead atoms. The van der Waals surface area contributed by atoms with E-state index in [0.29, 0.717) is 34.9 Å². The van der Waals surface area contributed by atoms with Crippen molar-refractivity contribution in [3.63, 3.8) is 0 Å².